The summed E-state index contributed by atoms with van der Waals surface area (Å²) in [7, 11) is 0. The van der Waals surface area contributed by atoms with E-state index in [1.807, 2.05) is 0 Å². The zero-order valence-corrected chi connectivity index (χ0v) is 12.7. The van der Waals surface area contributed by atoms with Crippen LogP contribution in [-0.4, -0.2) is 53.1 Å². The third-order valence-corrected chi connectivity index (χ3v) is 1.39. The van der Waals surface area contributed by atoms with Crippen LogP contribution in [0.15, 0.2) is 0 Å². The molecule has 0 aliphatic carbocycles. The number of nitrogens with zero attached hydrogens (tertiary/aromatic N) is 1. The zero-order chi connectivity index (χ0) is 11.2. The van der Waals surface area contributed by atoms with E-state index in [-0.39, 0.29) is 45.8 Å². The van der Waals surface area contributed by atoms with E-state index in [4.69, 9.17) is 14.9 Å². The van der Waals surface area contributed by atoms with Gasteiger partial charge in [0.1, 0.15) is 5.60 Å². The second kappa shape index (κ2) is 8.02. The molecule has 5 nitrogen and oxygen atoms in total. The number of ether oxygens (including phenoxy) is 1. The van der Waals surface area contributed by atoms with Gasteiger partial charge in [0.15, 0.2) is 0 Å². The molecule has 6 heteroatoms. The van der Waals surface area contributed by atoms with Crippen molar-refractivity contribution < 1.29 is 39.2 Å². The van der Waals surface area contributed by atoms with Crippen LogP contribution in [0.5, 0.6) is 0 Å². The van der Waals surface area contributed by atoms with Crippen LogP contribution in [0.3, 0.4) is 0 Å². The molecule has 0 aliphatic heterocycles. The Balaban J connectivity index is 0. The Bertz CT molecular complexity index is 175. The van der Waals surface area contributed by atoms with E-state index in [1.165, 1.54) is 4.90 Å². The maximum absolute atomic E-state index is 11.4. The minimum absolute atomic E-state index is 0. The molecule has 0 saturated heterocycles. The first-order valence-electron chi connectivity index (χ1n) is 4.60. The fourth-order valence-corrected chi connectivity index (χ4v) is 0.862. The summed E-state index contributed by atoms with van der Waals surface area (Å²) in [4.78, 5) is 12.7. The number of carbonyl (C=O) groups is 1. The molecular weight excluding hydrogens is 251 g/mol. The first-order valence-corrected chi connectivity index (χ1v) is 4.60. The molecular formula is C9H19NO4Zn. The second-order valence-electron chi connectivity index (χ2n) is 3.91. The fourth-order valence-electron chi connectivity index (χ4n) is 0.862. The quantitative estimate of drug-likeness (QED) is 0.717. The Kier molecular flexibility index (Phi) is 9.21. The van der Waals surface area contributed by atoms with Crippen molar-refractivity contribution in [2.45, 2.75) is 26.4 Å². The van der Waals surface area contributed by atoms with Gasteiger partial charge in [-0.1, -0.05) is 0 Å². The Labute approximate surface area is 103 Å². The van der Waals surface area contributed by atoms with Crippen molar-refractivity contribution in [3.05, 3.63) is 0 Å². The van der Waals surface area contributed by atoms with Gasteiger partial charge in [-0.15, -0.1) is 0 Å². The topological polar surface area (TPSA) is 70.0 Å². The van der Waals surface area contributed by atoms with Crippen LogP contribution < -0.4 is 0 Å². The van der Waals surface area contributed by atoms with Gasteiger partial charge in [0.25, 0.3) is 0 Å². The molecule has 0 unspecified atom stereocenters. The van der Waals surface area contributed by atoms with Crippen LogP contribution in [0.2, 0.25) is 0 Å². The summed E-state index contributed by atoms with van der Waals surface area (Å²) in [6.07, 6.45) is -0.513. The maximum atomic E-state index is 11.4. The monoisotopic (exact) mass is 269 g/mol. The molecule has 2 N–H and O–H groups in total. The summed E-state index contributed by atoms with van der Waals surface area (Å²) in [5.41, 5.74) is -0.555. The number of carbonyl (C=O) groups excluding carboxylic acids is 1. The molecule has 0 atom stereocenters. The number of rotatable bonds is 4. The third-order valence-electron chi connectivity index (χ3n) is 1.39. The first-order chi connectivity index (χ1) is 6.40. The molecule has 0 radical (unpaired) electrons. The Morgan fingerprint density at radius 1 is 1.20 bits per heavy atom. The Hall–Kier alpha value is -0.187. The van der Waals surface area contributed by atoms with Crippen molar-refractivity contribution in [1.29, 1.82) is 0 Å². The van der Waals surface area contributed by atoms with E-state index in [0.29, 0.717) is 0 Å². The molecule has 15 heavy (non-hydrogen) atoms. The van der Waals surface area contributed by atoms with E-state index in [1.54, 1.807) is 20.8 Å². The Morgan fingerprint density at radius 2 is 1.60 bits per heavy atom. The van der Waals surface area contributed by atoms with Crippen LogP contribution in [0.25, 0.3) is 0 Å². The molecule has 86 valence electrons. The molecule has 0 fully saturated rings. The van der Waals surface area contributed by atoms with Crippen molar-refractivity contribution in [3.63, 3.8) is 0 Å². The molecule has 0 rings (SSSR count). The third kappa shape index (κ3) is 8.78. The van der Waals surface area contributed by atoms with Crippen molar-refractivity contribution >= 4 is 6.09 Å². The molecule has 0 spiro atoms. The van der Waals surface area contributed by atoms with Gasteiger partial charge in [0, 0.05) is 32.6 Å². The van der Waals surface area contributed by atoms with Crippen molar-refractivity contribution in [2.75, 3.05) is 26.3 Å². The van der Waals surface area contributed by atoms with Crippen LogP contribution in [0.1, 0.15) is 20.8 Å². The maximum Gasteiger partial charge on any atom is 0.410 e. The van der Waals surface area contributed by atoms with E-state index in [9.17, 15) is 4.79 Å². The summed E-state index contributed by atoms with van der Waals surface area (Å²) in [5, 5.41) is 17.4. The number of hydrogen-bond donors (Lipinski definition) is 2. The molecule has 0 aliphatic rings. The molecule has 0 heterocycles. The van der Waals surface area contributed by atoms with Crippen LogP contribution in [0.4, 0.5) is 4.79 Å². The summed E-state index contributed by atoms with van der Waals surface area (Å²) in [5.74, 6) is 0. The van der Waals surface area contributed by atoms with Gasteiger partial charge in [-0.05, 0) is 20.8 Å². The zero-order valence-electron chi connectivity index (χ0n) is 9.69. The van der Waals surface area contributed by atoms with Gasteiger partial charge in [0.05, 0.1) is 13.2 Å². The van der Waals surface area contributed by atoms with E-state index in [0.717, 1.165) is 0 Å². The van der Waals surface area contributed by atoms with Crippen molar-refractivity contribution in [3.8, 4) is 0 Å². The summed E-state index contributed by atoms with van der Waals surface area (Å²) < 4.78 is 5.07. The van der Waals surface area contributed by atoms with Gasteiger partial charge < -0.3 is 19.8 Å². The van der Waals surface area contributed by atoms with Crippen LogP contribution >= 0.6 is 0 Å². The van der Waals surface area contributed by atoms with Gasteiger partial charge in [-0.25, -0.2) is 4.79 Å². The predicted octanol–water partition coefficient (Wildman–Crippen LogP) is 0.206. The minimum atomic E-state index is -0.555. The number of aliphatic hydroxyl groups excluding tert-OH is 2. The smallest absolute Gasteiger partial charge is 0.410 e. The van der Waals surface area contributed by atoms with E-state index < -0.39 is 11.7 Å². The fraction of sp³-hybridized carbons (Fsp3) is 0.889. The van der Waals surface area contributed by atoms with Gasteiger partial charge >= 0.3 is 6.09 Å². The van der Waals surface area contributed by atoms with Gasteiger partial charge in [0.2, 0.25) is 0 Å². The van der Waals surface area contributed by atoms with E-state index >= 15 is 0 Å². The van der Waals surface area contributed by atoms with Gasteiger partial charge in [-0.3, -0.25) is 0 Å². The standard InChI is InChI=1S/C9H19NO4.Zn/c1-9(2,3)14-8(13)10(4-6-11)5-7-12;/h11-12H,4-7H2,1-3H3;. The van der Waals surface area contributed by atoms with Crippen molar-refractivity contribution in [1.82, 2.24) is 4.90 Å². The second-order valence-corrected chi connectivity index (χ2v) is 3.91. The molecule has 0 saturated carbocycles. The van der Waals surface area contributed by atoms with Gasteiger partial charge in [-0.2, -0.15) is 0 Å². The Morgan fingerprint density at radius 3 is 1.87 bits per heavy atom. The molecule has 0 bridgehead atoms. The number of aliphatic hydroxyl groups is 2. The summed E-state index contributed by atoms with van der Waals surface area (Å²) >= 11 is 0. The average Bonchev–Trinajstić information content (AvgIpc) is 2.01. The summed E-state index contributed by atoms with van der Waals surface area (Å²) in [6.45, 7) is 5.37. The van der Waals surface area contributed by atoms with E-state index in [2.05, 4.69) is 0 Å². The average molecular weight is 271 g/mol. The first kappa shape index (κ1) is 17.2. The SMILES string of the molecule is CC(C)(C)OC(=O)N(CCO)CCO.[Zn]. The summed E-state index contributed by atoms with van der Waals surface area (Å²) in [6, 6.07) is 0. The molecule has 0 aromatic heterocycles. The largest absolute Gasteiger partial charge is 0.444 e. The minimum Gasteiger partial charge on any atom is -0.444 e. The van der Waals surface area contributed by atoms with Crippen LogP contribution in [0, 0.1) is 0 Å². The molecule has 0 aromatic carbocycles. The molecule has 1 amide bonds. The molecule has 0 aromatic rings. The number of hydrogen-bond acceptors (Lipinski definition) is 4. The van der Waals surface area contributed by atoms with Crippen LogP contribution in [-0.2, 0) is 24.2 Å². The number of amides is 1. The van der Waals surface area contributed by atoms with Crippen molar-refractivity contribution in [2.24, 2.45) is 0 Å². The predicted molar refractivity (Wildman–Crippen MR) is 52.0 cm³/mol. The normalized spacial score (nSPS) is 10.5.